The molecule has 0 bridgehead atoms. The highest BCUT2D eigenvalue weighted by Gasteiger charge is 2.51. The molecule has 168 valence electrons. The van der Waals surface area contributed by atoms with Crippen molar-refractivity contribution in [1.29, 1.82) is 0 Å². The summed E-state index contributed by atoms with van der Waals surface area (Å²) in [5.41, 5.74) is 1.61. The summed E-state index contributed by atoms with van der Waals surface area (Å²) in [4.78, 5) is 28.6. The zero-order chi connectivity index (χ0) is 22.1. The van der Waals surface area contributed by atoms with E-state index in [0.717, 1.165) is 44.0 Å². The van der Waals surface area contributed by atoms with Gasteiger partial charge < -0.3 is 14.7 Å². The van der Waals surface area contributed by atoms with Crippen LogP contribution in [0.2, 0.25) is 0 Å². The number of aliphatic carboxylic acids is 1. The van der Waals surface area contributed by atoms with Crippen LogP contribution < -0.4 is 0 Å². The van der Waals surface area contributed by atoms with Gasteiger partial charge in [-0.05, 0) is 63.2 Å². The molecule has 6 nitrogen and oxygen atoms in total. The van der Waals surface area contributed by atoms with Crippen molar-refractivity contribution in [3.63, 3.8) is 0 Å². The Balaban J connectivity index is 0.000000318. The van der Waals surface area contributed by atoms with Crippen LogP contribution in [0.1, 0.15) is 39.4 Å². The molecule has 10 heteroatoms. The van der Waals surface area contributed by atoms with E-state index >= 15 is 0 Å². The fraction of sp³-hybridized carbons (Fsp3) is 0.700. The third-order valence-electron chi connectivity index (χ3n) is 6.21. The molecule has 1 aromatic heterocycles. The van der Waals surface area contributed by atoms with Crippen LogP contribution in [-0.2, 0) is 22.4 Å². The lowest BCUT2D eigenvalue weighted by molar-refractivity contribution is -0.192. The molecule has 2 fully saturated rings. The molecule has 1 aliphatic carbocycles. The number of carbonyl (C=O) groups is 2. The second kappa shape index (κ2) is 8.84. The van der Waals surface area contributed by atoms with E-state index in [1.165, 1.54) is 29.7 Å². The summed E-state index contributed by atoms with van der Waals surface area (Å²) in [6, 6.07) is 2.15. The SMILES string of the molecule is COCC1CCN(C)C2(C1)CN(C(=O)c1cc3c(s1)CCC3)C2.O=C(O)C(F)(F)F. The third kappa shape index (κ3) is 4.81. The van der Waals surface area contributed by atoms with Crippen LogP contribution in [-0.4, -0.2) is 78.9 Å². The van der Waals surface area contributed by atoms with Gasteiger partial charge in [0, 0.05) is 31.7 Å². The quantitative estimate of drug-likeness (QED) is 0.770. The Hall–Kier alpha value is -1.65. The van der Waals surface area contributed by atoms with Crippen molar-refractivity contribution in [2.45, 2.75) is 43.8 Å². The number of hydrogen-bond acceptors (Lipinski definition) is 5. The van der Waals surface area contributed by atoms with E-state index in [9.17, 15) is 18.0 Å². The second-order valence-electron chi connectivity index (χ2n) is 8.34. The number of piperidine rings is 1. The molecule has 1 aromatic rings. The number of rotatable bonds is 3. The molecule has 1 atom stereocenters. The molecule has 3 aliphatic rings. The van der Waals surface area contributed by atoms with E-state index in [1.54, 1.807) is 18.4 Å². The Morgan fingerprint density at radius 3 is 2.57 bits per heavy atom. The normalized spacial score (nSPS) is 22.8. The van der Waals surface area contributed by atoms with Gasteiger partial charge in [-0.3, -0.25) is 9.69 Å². The van der Waals surface area contributed by atoms with Crippen molar-refractivity contribution in [2.75, 3.05) is 40.4 Å². The van der Waals surface area contributed by atoms with Crippen LogP contribution in [0.5, 0.6) is 0 Å². The van der Waals surface area contributed by atoms with Gasteiger partial charge in [-0.25, -0.2) is 4.79 Å². The zero-order valence-electron chi connectivity index (χ0n) is 17.1. The standard InChI is InChI=1S/C18H26N2O2S.C2HF3O2/c1-19-7-6-13(10-22-2)9-18(19)11-20(12-18)17(21)16-8-14-4-3-5-15(14)23-16;3-2(4,5)1(6)7/h8,13H,3-7,9-12H2,1-2H3;(H,6,7). The second-order valence-corrected chi connectivity index (χ2v) is 9.47. The number of likely N-dealkylation sites (tertiary alicyclic amines) is 2. The molecule has 1 spiro atoms. The highest BCUT2D eigenvalue weighted by Crippen LogP contribution is 2.40. The Labute approximate surface area is 177 Å². The van der Waals surface area contributed by atoms with E-state index in [4.69, 9.17) is 14.6 Å². The predicted molar refractivity (Wildman–Crippen MR) is 106 cm³/mol. The molecule has 1 unspecified atom stereocenters. The smallest absolute Gasteiger partial charge is 0.475 e. The van der Waals surface area contributed by atoms with Crippen LogP contribution in [0.25, 0.3) is 0 Å². The molecule has 1 amide bonds. The number of fused-ring (bicyclic) bond motifs is 1. The van der Waals surface area contributed by atoms with Crippen LogP contribution >= 0.6 is 11.3 Å². The van der Waals surface area contributed by atoms with Crippen molar-refractivity contribution < 1.29 is 32.6 Å². The highest BCUT2D eigenvalue weighted by atomic mass is 32.1. The number of carboxylic acids is 1. The lowest BCUT2D eigenvalue weighted by Crippen LogP contribution is -2.72. The first-order valence-corrected chi connectivity index (χ1v) is 10.8. The van der Waals surface area contributed by atoms with Crippen molar-refractivity contribution in [3.05, 3.63) is 21.4 Å². The number of nitrogens with zero attached hydrogens (tertiary/aromatic N) is 2. The van der Waals surface area contributed by atoms with E-state index in [-0.39, 0.29) is 11.4 Å². The Morgan fingerprint density at radius 1 is 1.33 bits per heavy atom. The summed E-state index contributed by atoms with van der Waals surface area (Å²) in [5.74, 6) is -1.87. The summed E-state index contributed by atoms with van der Waals surface area (Å²) in [7, 11) is 4.00. The number of amides is 1. The lowest BCUT2D eigenvalue weighted by Gasteiger charge is -2.58. The third-order valence-corrected chi connectivity index (χ3v) is 7.44. The van der Waals surface area contributed by atoms with Gasteiger partial charge in [0.15, 0.2) is 0 Å². The number of alkyl halides is 3. The summed E-state index contributed by atoms with van der Waals surface area (Å²) < 4.78 is 37.1. The van der Waals surface area contributed by atoms with E-state index in [2.05, 4.69) is 18.0 Å². The van der Waals surface area contributed by atoms with Gasteiger partial charge in [0.2, 0.25) is 0 Å². The maximum Gasteiger partial charge on any atom is 0.490 e. The number of halogens is 3. The van der Waals surface area contributed by atoms with E-state index < -0.39 is 12.1 Å². The molecule has 0 saturated carbocycles. The van der Waals surface area contributed by atoms with Gasteiger partial charge in [0.05, 0.1) is 10.4 Å². The lowest BCUT2D eigenvalue weighted by atomic mass is 9.75. The average molecular weight is 449 g/mol. The fourth-order valence-corrected chi connectivity index (χ4v) is 5.78. The van der Waals surface area contributed by atoms with Crippen LogP contribution in [0, 0.1) is 5.92 Å². The van der Waals surface area contributed by atoms with Gasteiger partial charge in [0.25, 0.3) is 5.91 Å². The van der Waals surface area contributed by atoms with Crippen molar-refractivity contribution >= 4 is 23.2 Å². The topological polar surface area (TPSA) is 70.1 Å². The van der Waals surface area contributed by atoms with Gasteiger partial charge >= 0.3 is 12.1 Å². The summed E-state index contributed by atoms with van der Waals surface area (Å²) in [6.45, 7) is 3.72. The number of aryl methyl sites for hydroxylation is 2. The van der Waals surface area contributed by atoms with Crippen molar-refractivity contribution in [3.8, 4) is 0 Å². The number of carbonyl (C=O) groups excluding carboxylic acids is 1. The first-order valence-electron chi connectivity index (χ1n) is 9.97. The molecular weight excluding hydrogens is 421 g/mol. The minimum atomic E-state index is -5.08. The largest absolute Gasteiger partial charge is 0.490 e. The number of carboxylic acid groups (broad SMARTS) is 1. The molecular formula is C20H27F3N2O4S. The van der Waals surface area contributed by atoms with Crippen molar-refractivity contribution in [1.82, 2.24) is 9.80 Å². The minimum absolute atomic E-state index is 0.192. The van der Waals surface area contributed by atoms with Crippen molar-refractivity contribution in [2.24, 2.45) is 5.92 Å². The van der Waals surface area contributed by atoms with Gasteiger partial charge in [0.1, 0.15) is 0 Å². The van der Waals surface area contributed by atoms with Gasteiger partial charge in [-0.1, -0.05) is 0 Å². The molecule has 0 aromatic carbocycles. The highest BCUT2D eigenvalue weighted by molar-refractivity contribution is 7.14. The van der Waals surface area contributed by atoms with E-state index in [0.29, 0.717) is 5.92 Å². The molecule has 2 aliphatic heterocycles. The van der Waals surface area contributed by atoms with Gasteiger partial charge in [-0.2, -0.15) is 13.2 Å². The molecule has 2 saturated heterocycles. The number of likely N-dealkylation sites (N-methyl/N-ethyl adjacent to an activating group) is 1. The van der Waals surface area contributed by atoms with Gasteiger partial charge in [-0.15, -0.1) is 11.3 Å². The minimum Gasteiger partial charge on any atom is -0.475 e. The fourth-order valence-electron chi connectivity index (χ4n) is 4.56. The first kappa shape index (κ1) is 23.0. The monoisotopic (exact) mass is 448 g/mol. The Morgan fingerprint density at radius 2 is 2.00 bits per heavy atom. The Bertz CT molecular complexity index is 768. The maximum absolute atomic E-state index is 12.8. The molecule has 4 rings (SSSR count). The first-order chi connectivity index (χ1) is 14.1. The number of methoxy groups -OCH3 is 1. The molecule has 30 heavy (non-hydrogen) atoms. The summed E-state index contributed by atoms with van der Waals surface area (Å²) in [5, 5.41) is 7.12. The van der Waals surface area contributed by atoms with Crippen LogP contribution in [0.3, 0.4) is 0 Å². The Kier molecular flexibility index (Phi) is 6.78. The summed E-state index contributed by atoms with van der Waals surface area (Å²) >= 11 is 1.73. The molecule has 3 heterocycles. The number of ether oxygens (including phenoxy) is 1. The molecule has 1 N–H and O–H groups in total. The molecule has 0 radical (unpaired) electrons. The average Bonchev–Trinajstić information content (AvgIpc) is 3.23. The van der Waals surface area contributed by atoms with Crippen LogP contribution in [0.4, 0.5) is 13.2 Å². The number of hydrogen-bond donors (Lipinski definition) is 1. The predicted octanol–water partition coefficient (Wildman–Crippen LogP) is 3.05. The zero-order valence-corrected chi connectivity index (χ0v) is 17.9. The number of thiophene rings is 1. The van der Waals surface area contributed by atoms with Crippen LogP contribution in [0.15, 0.2) is 6.07 Å². The summed E-state index contributed by atoms with van der Waals surface area (Å²) in [6.07, 6.45) is 0.858. The maximum atomic E-state index is 12.8. The van der Waals surface area contributed by atoms with E-state index in [1.807, 2.05) is 4.90 Å².